The van der Waals surface area contributed by atoms with Crippen LogP contribution in [0.25, 0.3) is 0 Å². The van der Waals surface area contributed by atoms with Gasteiger partial charge >= 0.3 is 0 Å². The number of nitriles is 1. The highest BCUT2D eigenvalue weighted by molar-refractivity contribution is 5.82. The zero-order valence-electron chi connectivity index (χ0n) is 7.34. The summed E-state index contributed by atoms with van der Waals surface area (Å²) in [6.45, 7) is 0. The maximum Gasteiger partial charge on any atom is 0.254 e. The topological polar surface area (TPSA) is 78.1 Å². The lowest BCUT2D eigenvalue weighted by Crippen LogP contribution is -2.16. The molecule has 0 fully saturated rings. The molecule has 70 valence electrons. The van der Waals surface area contributed by atoms with Crippen molar-refractivity contribution in [2.75, 3.05) is 0 Å². The zero-order chi connectivity index (χ0) is 10.2. The fourth-order valence-corrected chi connectivity index (χ4v) is 0.740. The Morgan fingerprint density at radius 2 is 2.36 bits per heavy atom. The molecule has 0 aromatic carbocycles. The molecule has 5 heteroatoms. The van der Waals surface area contributed by atoms with Gasteiger partial charge in [-0.05, 0) is 17.7 Å². The number of carbonyl (C=O) groups excluding carboxylic acids is 1. The van der Waals surface area contributed by atoms with Crippen molar-refractivity contribution in [3.05, 3.63) is 30.1 Å². The molecule has 0 radical (unpaired) electrons. The third-order valence-electron chi connectivity index (χ3n) is 1.35. The van der Waals surface area contributed by atoms with Crippen molar-refractivity contribution in [2.24, 2.45) is 5.10 Å². The molecule has 0 aliphatic heterocycles. The molecule has 0 atom stereocenters. The molecule has 0 saturated heterocycles. The molecule has 0 bridgehead atoms. The van der Waals surface area contributed by atoms with Crippen LogP contribution in [0.1, 0.15) is 12.0 Å². The number of nitrogens with one attached hydrogen (secondary N) is 1. The average molecular weight is 188 g/mol. The van der Waals surface area contributed by atoms with Crippen molar-refractivity contribution in [1.82, 2.24) is 10.4 Å². The number of amides is 1. The van der Waals surface area contributed by atoms with Crippen molar-refractivity contribution in [3.8, 4) is 6.07 Å². The Bertz CT molecular complexity index is 366. The molecule has 1 amide bonds. The molecule has 1 rings (SSSR count). The van der Waals surface area contributed by atoms with Crippen LogP contribution < -0.4 is 5.43 Å². The van der Waals surface area contributed by atoms with Crippen LogP contribution in [0.4, 0.5) is 0 Å². The summed E-state index contributed by atoms with van der Waals surface area (Å²) in [6.07, 6.45) is 4.54. The molecule has 0 aliphatic carbocycles. The van der Waals surface area contributed by atoms with Gasteiger partial charge in [0.2, 0.25) is 0 Å². The lowest BCUT2D eigenvalue weighted by molar-refractivity contribution is -0.120. The van der Waals surface area contributed by atoms with E-state index >= 15 is 0 Å². The van der Waals surface area contributed by atoms with Gasteiger partial charge < -0.3 is 0 Å². The highest BCUT2D eigenvalue weighted by atomic mass is 16.2. The third kappa shape index (κ3) is 3.45. The number of pyridine rings is 1. The second-order valence-corrected chi connectivity index (χ2v) is 2.41. The summed E-state index contributed by atoms with van der Waals surface area (Å²) in [7, 11) is 0. The smallest absolute Gasteiger partial charge is 0.254 e. The molecule has 0 unspecified atom stereocenters. The highest BCUT2D eigenvalue weighted by Crippen LogP contribution is 1.90. The fourth-order valence-electron chi connectivity index (χ4n) is 0.740. The Labute approximate surface area is 81.1 Å². The molecule has 1 aromatic rings. The van der Waals surface area contributed by atoms with Crippen molar-refractivity contribution < 1.29 is 4.79 Å². The van der Waals surface area contributed by atoms with Crippen molar-refractivity contribution >= 4 is 12.1 Å². The second-order valence-electron chi connectivity index (χ2n) is 2.41. The Hall–Kier alpha value is -2.22. The van der Waals surface area contributed by atoms with Gasteiger partial charge in [-0.1, -0.05) is 0 Å². The highest BCUT2D eigenvalue weighted by Gasteiger charge is 1.94. The Kier molecular flexibility index (Phi) is 3.83. The molecule has 0 spiro atoms. The largest absolute Gasteiger partial charge is 0.272 e. The van der Waals surface area contributed by atoms with Crippen LogP contribution in [0.3, 0.4) is 0 Å². The van der Waals surface area contributed by atoms with E-state index in [4.69, 9.17) is 5.26 Å². The number of carbonyl (C=O) groups is 1. The minimum atomic E-state index is -0.419. The maximum atomic E-state index is 10.8. The number of aromatic nitrogens is 1. The number of rotatable bonds is 3. The second kappa shape index (κ2) is 5.43. The van der Waals surface area contributed by atoms with Gasteiger partial charge in [0.15, 0.2) is 0 Å². The van der Waals surface area contributed by atoms with Crippen molar-refractivity contribution in [1.29, 1.82) is 5.26 Å². The first-order chi connectivity index (χ1) is 6.83. The van der Waals surface area contributed by atoms with E-state index in [2.05, 4.69) is 15.5 Å². The SMILES string of the molecule is N#CCC(=O)N/N=C/c1ccncc1. The van der Waals surface area contributed by atoms with E-state index in [1.165, 1.54) is 6.21 Å². The molecule has 1 aromatic heterocycles. The van der Waals surface area contributed by atoms with Gasteiger partial charge in [-0.25, -0.2) is 5.43 Å². The summed E-state index contributed by atoms with van der Waals surface area (Å²) in [4.78, 5) is 14.6. The van der Waals surface area contributed by atoms with Gasteiger partial charge in [0.1, 0.15) is 6.42 Å². The van der Waals surface area contributed by atoms with Crippen LogP contribution in [-0.2, 0) is 4.79 Å². The third-order valence-corrected chi connectivity index (χ3v) is 1.35. The fraction of sp³-hybridized carbons (Fsp3) is 0.111. The Morgan fingerprint density at radius 1 is 1.64 bits per heavy atom. The van der Waals surface area contributed by atoms with E-state index in [1.807, 2.05) is 0 Å². The lowest BCUT2D eigenvalue weighted by atomic mass is 10.3. The van der Waals surface area contributed by atoms with Crippen LogP contribution in [0.2, 0.25) is 0 Å². The summed E-state index contributed by atoms with van der Waals surface area (Å²) < 4.78 is 0. The van der Waals surface area contributed by atoms with Gasteiger partial charge in [0.25, 0.3) is 5.91 Å². The zero-order valence-corrected chi connectivity index (χ0v) is 7.34. The predicted octanol–water partition coefficient (Wildman–Crippen LogP) is 0.445. The van der Waals surface area contributed by atoms with Gasteiger partial charge in [0.05, 0.1) is 12.3 Å². The first-order valence-corrected chi connectivity index (χ1v) is 3.92. The summed E-state index contributed by atoms with van der Waals surface area (Å²) in [5, 5.41) is 11.8. The number of hydrazone groups is 1. The van der Waals surface area contributed by atoms with Gasteiger partial charge in [-0.2, -0.15) is 10.4 Å². The van der Waals surface area contributed by atoms with Gasteiger partial charge in [-0.15, -0.1) is 0 Å². The predicted molar refractivity (Wildman–Crippen MR) is 50.2 cm³/mol. The summed E-state index contributed by atoms with van der Waals surface area (Å²) in [5.74, 6) is -0.419. The van der Waals surface area contributed by atoms with Crippen LogP contribution in [-0.4, -0.2) is 17.1 Å². The Balaban J connectivity index is 2.43. The van der Waals surface area contributed by atoms with Crippen molar-refractivity contribution in [2.45, 2.75) is 6.42 Å². The van der Waals surface area contributed by atoms with Crippen molar-refractivity contribution in [3.63, 3.8) is 0 Å². The number of hydrogen-bond acceptors (Lipinski definition) is 4. The quantitative estimate of drug-likeness (QED) is 0.552. The summed E-state index contributed by atoms with van der Waals surface area (Å²) >= 11 is 0. The van der Waals surface area contributed by atoms with E-state index in [1.54, 1.807) is 30.6 Å². The van der Waals surface area contributed by atoms with Crippen LogP contribution in [0, 0.1) is 11.3 Å². The molecule has 1 heterocycles. The summed E-state index contributed by atoms with van der Waals surface area (Å²) in [6, 6.07) is 5.22. The molecule has 0 saturated carbocycles. The van der Waals surface area contributed by atoms with Crippen LogP contribution in [0.5, 0.6) is 0 Å². The van der Waals surface area contributed by atoms with E-state index in [0.29, 0.717) is 0 Å². The standard InChI is InChI=1S/C9H8N4O/c10-4-1-9(14)13-12-7-8-2-5-11-6-3-8/h2-3,5-7H,1H2,(H,13,14)/b12-7+. The molecule has 1 N–H and O–H groups in total. The monoisotopic (exact) mass is 188 g/mol. The van der Waals surface area contributed by atoms with E-state index in [9.17, 15) is 4.79 Å². The van der Waals surface area contributed by atoms with Gasteiger partial charge in [-0.3, -0.25) is 9.78 Å². The maximum absolute atomic E-state index is 10.8. The lowest BCUT2D eigenvalue weighted by Gasteiger charge is -1.92. The summed E-state index contributed by atoms with van der Waals surface area (Å²) in [5.41, 5.74) is 3.05. The minimum Gasteiger partial charge on any atom is -0.272 e. The number of hydrogen-bond donors (Lipinski definition) is 1. The molecular formula is C9H8N4O. The molecule has 14 heavy (non-hydrogen) atoms. The number of nitrogens with zero attached hydrogens (tertiary/aromatic N) is 3. The minimum absolute atomic E-state index is 0.187. The first-order valence-electron chi connectivity index (χ1n) is 3.92. The van der Waals surface area contributed by atoms with Crippen LogP contribution in [0.15, 0.2) is 29.6 Å². The molecular weight excluding hydrogens is 180 g/mol. The van der Waals surface area contributed by atoms with E-state index in [0.717, 1.165) is 5.56 Å². The normalized spacial score (nSPS) is 9.64. The van der Waals surface area contributed by atoms with Gasteiger partial charge in [0, 0.05) is 12.4 Å². The molecule has 0 aliphatic rings. The van der Waals surface area contributed by atoms with E-state index in [-0.39, 0.29) is 6.42 Å². The van der Waals surface area contributed by atoms with E-state index < -0.39 is 5.91 Å². The van der Waals surface area contributed by atoms with Crippen LogP contribution >= 0.6 is 0 Å². The Morgan fingerprint density at radius 3 is 3.00 bits per heavy atom. The average Bonchev–Trinajstić information content (AvgIpc) is 2.20. The molecule has 5 nitrogen and oxygen atoms in total. The first kappa shape index (κ1) is 9.86.